The van der Waals surface area contributed by atoms with Gasteiger partial charge in [0.1, 0.15) is 5.75 Å². The first kappa shape index (κ1) is 41.3. The molecule has 0 aromatic heterocycles. The van der Waals surface area contributed by atoms with Gasteiger partial charge in [-0.25, -0.2) is 9.18 Å². The van der Waals surface area contributed by atoms with Gasteiger partial charge in [-0.1, -0.05) is 77.7 Å². The molecular formula is C43H57FO10. The molecule has 1 aromatic rings. The Hall–Kier alpha value is -3.86. The first-order valence-electron chi connectivity index (χ1n) is 19.7. The van der Waals surface area contributed by atoms with Gasteiger partial charge in [0.25, 0.3) is 0 Å². The van der Waals surface area contributed by atoms with Crippen LogP contribution in [0.25, 0.3) is 0 Å². The van der Waals surface area contributed by atoms with E-state index in [0.717, 1.165) is 31.2 Å². The summed E-state index contributed by atoms with van der Waals surface area (Å²) < 4.78 is 40.1. The second-order valence-electron chi connectivity index (χ2n) is 16.4. The number of carbonyl (C=O) groups is 5. The molecule has 0 spiro atoms. The molecule has 296 valence electrons. The van der Waals surface area contributed by atoms with Crippen LogP contribution in [0.2, 0.25) is 0 Å². The Morgan fingerprint density at radius 2 is 1.70 bits per heavy atom. The summed E-state index contributed by atoms with van der Waals surface area (Å²) in [4.78, 5) is 65.4. The summed E-state index contributed by atoms with van der Waals surface area (Å²) in [5, 5.41) is 11.8. The first-order chi connectivity index (χ1) is 25.6. The number of benzene rings is 1. The number of Topliss-reactive ketones (excluding diaryl/α,β-unsaturated/α-hetero) is 1. The molecular weight excluding hydrogens is 695 g/mol. The summed E-state index contributed by atoms with van der Waals surface area (Å²) >= 11 is 0. The van der Waals surface area contributed by atoms with Crippen molar-refractivity contribution in [3.8, 4) is 5.75 Å². The minimum atomic E-state index is -2.13. The maximum absolute atomic E-state index is 17.8. The van der Waals surface area contributed by atoms with Gasteiger partial charge in [0.05, 0.1) is 18.6 Å². The topological polar surface area (TPSA) is 142 Å². The lowest BCUT2D eigenvalue weighted by Crippen LogP contribution is -2.70. The van der Waals surface area contributed by atoms with Crippen molar-refractivity contribution >= 4 is 29.7 Å². The predicted octanol–water partition coefficient (Wildman–Crippen LogP) is 7.77. The highest BCUT2D eigenvalue weighted by atomic mass is 19.1. The van der Waals surface area contributed by atoms with E-state index in [2.05, 4.69) is 6.92 Å². The van der Waals surface area contributed by atoms with Crippen LogP contribution in [0.15, 0.2) is 48.1 Å². The van der Waals surface area contributed by atoms with Crippen molar-refractivity contribution in [2.75, 3.05) is 13.2 Å². The standard InChI is InChI=1S/C43H57FO10/c1-7-9-11-21-51-38(49)27(3)22-29-13-16-32(17-14-29)53-39(50)52-26-36(47)43(54-37(48)12-10-8-2)28(4)23-34-33-18-15-30-24-31(45)19-20-40(30,5)42(33,44)35(46)25-41(34,43)6/h13-14,16-17,19-20,24,27-28,33-35,46H,7-12,15,18,21-23,25-26H2,1-6H3. The van der Waals surface area contributed by atoms with Crippen LogP contribution in [-0.4, -0.2) is 65.4 Å². The van der Waals surface area contributed by atoms with Crippen molar-refractivity contribution in [3.63, 3.8) is 0 Å². The van der Waals surface area contributed by atoms with E-state index in [9.17, 15) is 29.1 Å². The Labute approximate surface area is 318 Å². The average Bonchev–Trinajstić information content (AvgIpc) is 3.35. The summed E-state index contributed by atoms with van der Waals surface area (Å²) in [5.74, 6) is -3.66. The minimum Gasteiger partial charge on any atom is -0.465 e. The van der Waals surface area contributed by atoms with Crippen LogP contribution >= 0.6 is 0 Å². The maximum atomic E-state index is 17.8. The third-order valence-electron chi connectivity index (χ3n) is 13.0. The fraction of sp³-hybridized carbons (Fsp3) is 0.651. The van der Waals surface area contributed by atoms with E-state index in [1.807, 2.05) is 6.92 Å². The number of esters is 2. The first-order valence-corrected chi connectivity index (χ1v) is 19.7. The highest BCUT2D eigenvalue weighted by Crippen LogP contribution is 2.71. The lowest BCUT2D eigenvalue weighted by molar-refractivity contribution is -0.228. The Morgan fingerprint density at radius 1 is 1.00 bits per heavy atom. The van der Waals surface area contributed by atoms with Gasteiger partial charge < -0.3 is 24.1 Å². The highest BCUT2D eigenvalue weighted by molar-refractivity contribution is 6.01. The summed E-state index contributed by atoms with van der Waals surface area (Å²) in [6.07, 6.45) is 7.32. The lowest BCUT2D eigenvalue weighted by Gasteiger charge is -2.62. The van der Waals surface area contributed by atoms with Crippen molar-refractivity contribution < 1.29 is 52.4 Å². The second-order valence-corrected chi connectivity index (χ2v) is 16.4. The molecule has 0 saturated heterocycles. The third-order valence-corrected chi connectivity index (χ3v) is 13.0. The number of fused-ring (bicyclic) bond motifs is 5. The molecule has 9 unspecified atom stereocenters. The van der Waals surface area contributed by atoms with Gasteiger partial charge in [0, 0.05) is 29.1 Å². The third kappa shape index (κ3) is 7.41. The number of hydrogen-bond donors (Lipinski definition) is 1. The smallest absolute Gasteiger partial charge is 0.465 e. The minimum absolute atomic E-state index is 0.0703. The number of allylic oxidation sites excluding steroid dienone is 4. The highest BCUT2D eigenvalue weighted by Gasteiger charge is 2.77. The SMILES string of the molecule is CCCCCOC(=O)C(C)Cc1ccc(OC(=O)OCC(=O)C2(OC(=O)CCCC)C(C)CC3C4CCC5=CC(=O)C=CC5(C)C4(F)C(O)CC32C)cc1. The number of aliphatic hydroxyl groups excluding tert-OH is 1. The van der Waals surface area contributed by atoms with E-state index in [4.69, 9.17) is 18.9 Å². The maximum Gasteiger partial charge on any atom is 0.514 e. The monoisotopic (exact) mass is 752 g/mol. The molecule has 1 N–H and O–H groups in total. The van der Waals surface area contributed by atoms with E-state index < -0.39 is 70.5 Å². The van der Waals surface area contributed by atoms with E-state index in [0.29, 0.717) is 44.3 Å². The van der Waals surface area contributed by atoms with Crippen LogP contribution in [0.4, 0.5) is 9.18 Å². The Kier molecular flexibility index (Phi) is 12.6. The number of ketones is 2. The van der Waals surface area contributed by atoms with Crippen LogP contribution in [0.1, 0.15) is 111 Å². The lowest BCUT2D eigenvalue weighted by atomic mass is 9.44. The van der Waals surface area contributed by atoms with Crippen molar-refractivity contribution in [2.24, 2.45) is 34.5 Å². The Bertz CT molecular complexity index is 1650. The molecule has 0 aliphatic heterocycles. The van der Waals surface area contributed by atoms with E-state index >= 15 is 4.39 Å². The number of alkyl halides is 1. The number of hydrogen-bond acceptors (Lipinski definition) is 10. The van der Waals surface area contributed by atoms with Crippen molar-refractivity contribution in [2.45, 2.75) is 130 Å². The summed E-state index contributed by atoms with van der Waals surface area (Å²) in [7, 11) is 0. The van der Waals surface area contributed by atoms with Crippen LogP contribution in [0.5, 0.6) is 5.75 Å². The van der Waals surface area contributed by atoms with Crippen molar-refractivity contribution in [1.82, 2.24) is 0 Å². The van der Waals surface area contributed by atoms with Crippen LogP contribution in [0, 0.1) is 34.5 Å². The van der Waals surface area contributed by atoms with Gasteiger partial charge >= 0.3 is 18.1 Å². The predicted molar refractivity (Wildman–Crippen MR) is 198 cm³/mol. The number of aliphatic hydroxyl groups is 1. The number of halogens is 1. The van der Waals surface area contributed by atoms with Gasteiger partial charge in [0.2, 0.25) is 5.78 Å². The molecule has 54 heavy (non-hydrogen) atoms. The zero-order valence-corrected chi connectivity index (χ0v) is 32.6. The molecule has 0 amide bonds. The molecule has 0 heterocycles. The zero-order valence-electron chi connectivity index (χ0n) is 32.6. The number of carbonyl (C=O) groups excluding carboxylic acids is 5. The average molecular weight is 753 g/mol. The van der Waals surface area contributed by atoms with Gasteiger partial charge in [0.15, 0.2) is 23.7 Å². The molecule has 4 aliphatic rings. The van der Waals surface area contributed by atoms with Crippen molar-refractivity contribution in [1.29, 1.82) is 0 Å². The molecule has 4 aliphatic carbocycles. The quantitative estimate of drug-likeness (QED) is 0.0817. The molecule has 9 atom stereocenters. The van der Waals surface area contributed by atoms with Gasteiger partial charge in [-0.05, 0) is 87.6 Å². The van der Waals surface area contributed by atoms with E-state index in [1.54, 1.807) is 58.0 Å². The summed E-state index contributed by atoms with van der Waals surface area (Å²) in [5.41, 5.74) is -4.87. The van der Waals surface area contributed by atoms with Gasteiger partial charge in [-0.15, -0.1) is 0 Å². The molecule has 0 radical (unpaired) electrons. The zero-order chi connectivity index (χ0) is 39.5. The van der Waals surface area contributed by atoms with Crippen LogP contribution < -0.4 is 4.74 Å². The molecule has 10 nitrogen and oxygen atoms in total. The van der Waals surface area contributed by atoms with E-state index in [1.165, 1.54) is 12.2 Å². The van der Waals surface area contributed by atoms with Crippen LogP contribution in [-0.2, 0) is 39.8 Å². The molecule has 11 heteroatoms. The molecule has 0 bridgehead atoms. The van der Waals surface area contributed by atoms with Crippen LogP contribution in [0.3, 0.4) is 0 Å². The van der Waals surface area contributed by atoms with Gasteiger partial charge in [-0.3, -0.25) is 19.2 Å². The molecule has 1 aromatic carbocycles. The Balaban J connectivity index is 1.31. The molecule has 3 saturated carbocycles. The largest absolute Gasteiger partial charge is 0.514 e. The summed E-state index contributed by atoms with van der Waals surface area (Å²) in [6.45, 7) is 10.7. The van der Waals surface area contributed by atoms with Crippen molar-refractivity contribution in [3.05, 3.63) is 53.6 Å². The fourth-order valence-corrected chi connectivity index (χ4v) is 10.1. The second kappa shape index (κ2) is 16.5. The molecule has 3 fully saturated rings. The molecule has 5 rings (SSSR count). The normalized spacial score (nSPS) is 33.0. The summed E-state index contributed by atoms with van der Waals surface area (Å²) in [6, 6.07) is 6.58. The van der Waals surface area contributed by atoms with E-state index in [-0.39, 0.29) is 36.3 Å². The number of ether oxygens (including phenoxy) is 4. The Morgan fingerprint density at radius 3 is 2.39 bits per heavy atom. The number of unbranched alkanes of at least 4 members (excludes halogenated alkanes) is 3. The fourth-order valence-electron chi connectivity index (χ4n) is 10.1. The van der Waals surface area contributed by atoms with Gasteiger partial charge in [-0.2, -0.15) is 0 Å². The number of rotatable bonds is 15.